The lowest BCUT2D eigenvalue weighted by Gasteiger charge is -2.13. The number of nitrogens with zero attached hydrogens (tertiary/aromatic N) is 2. The SMILES string of the molecule is COc1ccc(C(=O)Oc2c(I)cc(/C=C(\C#N)C(=O)Nc3c(Cl)cc([N+](=O)[O-])cc3Cl)cc2OC)cc1. The molecule has 0 aliphatic carbocycles. The molecule has 0 saturated carbocycles. The molecule has 0 aliphatic heterocycles. The normalized spacial score (nSPS) is 10.8. The summed E-state index contributed by atoms with van der Waals surface area (Å²) in [6.07, 6.45) is 1.28. The minimum Gasteiger partial charge on any atom is -0.497 e. The third-order valence-electron chi connectivity index (χ3n) is 4.92. The second kappa shape index (κ2) is 12.6. The molecule has 194 valence electrons. The van der Waals surface area contributed by atoms with Crippen LogP contribution in [0.3, 0.4) is 0 Å². The van der Waals surface area contributed by atoms with E-state index in [1.807, 2.05) is 22.6 Å². The van der Waals surface area contributed by atoms with Crippen molar-refractivity contribution in [2.75, 3.05) is 19.5 Å². The first-order valence-corrected chi connectivity index (χ1v) is 12.2. The summed E-state index contributed by atoms with van der Waals surface area (Å²) in [6, 6.07) is 13.3. The maximum atomic E-state index is 12.8. The van der Waals surface area contributed by atoms with Crippen LogP contribution in [0.1, 0.15) is 15.9 Å². The molecule has 3 aromatic carbocycles. The summed E-state index contributed by atoms with van der Waals surface area (Å²) in [5, 5.41) is 22.6. The minimum atomic E-state index is -0.853. The maximum Gasteiger partial charge on any atom is 0.343 e. The van der Waals surface area contributed by atoms with Crippen molar-refractivity contribution >= 4 is 75.1 Å². The monoisotopic (exact) mass is 667 g/mol. The Kier molecular flexibility index (Phi) is 9.51. The number of halogens is 3. The molecule has 0 unspecified atom stereocenters. The first-order chi connectivity index (χ1) is 18.1. The number of benzene rings is 3. The summed E-state index contributed by atoms with van der Waals surface area (Å²) in [5.74, 6) is -0.557. The van der Waals surface area contributed by atoms with Gasteiger partial charge in [-0.25, -0.2) is 4.79 Å². The minimum absolute atomic E-state index is 0.0852. The zero-order valence-electron chi connectivity index (χ0n) is 19.6. The van der Waals surface area contributed by atoms with Crippen LogP contribution in [0, 0.1) is 25.0 Å². The van der Waals surface area contributed by atoms with Crippen LogP contribution in [0.2, 0.25) is 10.0 Å². The molecule has 1 N–H and O–H groups in total. The number of carbonyl (C=O) groups is 2. The molecule has 1 amide bonds. The smallest absolute Gasteiger partial charge is 0.343 e. The zero-order chi connectivity index (χ0) is 28.0. The van der Waals surface area contributed by atoms with Crippen LogP contribution >= 0.6 is 45.8 Å². The van der Waals surface area contributed by atoms with Gasteiger partial charge < -0.3 is 19.5 Å². The molecule has 3 aromatic rings. The number of amides is 1. The van der Waals surface area contributed by atoms with Gasteiger partial charge in [0.15, 0.2) is 11.5 Å². The molecule has 0 bridgehead atoms. The highest BCUT2D eigenvalue weighted by Gasteiger charge is 2.20. The molecular weight excluding hydrogens is 652 g/mol. The van der Waals surface area contributed by atoms with Gasteiger partial charge in [-0.15, -0.1) is 0 Å². The third-order valence-corrected chi connectivity index (χ3v) is 6.32. The Morgan fingerprint density at radius 2 is 1.71 bits per heavy atom. The molecule has 0 fully saturated rings. The number of ether oxygens (including phenoxy) is 3. The number of anilines is 1. The molecule has 38 heavy (non-hydrogen) atoms. The third kappa shape index (κ3) is 6.71. The van der Waals surface area contributed by atoms with E-state index in [4.69, 9.17) is 37.4 Å². The van der Waals surface area contributed by atoms with E-state index in [0.29, 0.717) is 20.4 Å². The van der Waals surface area contributed by atoms with E-state index in [9.17, 15) is 25.0 Å². The maximum absolute atomic E-state index is 12.8. The lowest BCUT2D eigenvalue weighted by Crippen LogP contribution is -2.14. The number of hydrogen-bond donors (Lipinski definition) is 1. The van der Waals surface area contributed by atoms with Gasteiger partial charge in [0.2, 0.25) is 0 Å². The molecule has 0 saturated heterocycles. The number of nitrogens with one attached hydrogen (secondary N) is 1. The van der Waals surface area contributed by atoms with E-state index in [0.717, 1.165) is 12.1 Å². The molecule has 0 aliphatic rings. The van der Waals surface area contributed by atoms with Gasteiger partial charge in [-0.3, -0.25) is 14.9 Å². The molecule has 13 heteroatoms. The van der Waals surface area contributed by atoms with Crippen LogP contribution in [0.25, 0.3) is 6.08 Å². The molecule has 10 nitrogen and oxygen atoms in total. The van der Waals surface area contributed by atoms with Crippen LogP contribution in [0.5, 0.6) is 17.2 Å². The topological polar surface area (TPSA) is 141 Å². The second-order valence-electron chi connectivity index (χ2n) is 7.32. The number of non-ortho nitro benzene ring substituents is 1. The molecule has 0 aromatic heterocycles. The number of hydrogen-bond acceptors (Lipinski definition) is 8. The number of carbonyl (C=O) groups excluding carboxylic acids is 2. The van der Waals surface area contributed by atoms with E-state index in [1.165, 1.54) is 26.4 Å². The predicted octanol–water partition coefficient (Wildman–Crippen LogP) is 6.29. The van der Waals surface area contributed by atoms with Crippen LogP contribution < -0.4 is 19.5 Å². The van der Waals surface area contributed by atoms with Gasteiger partial charge in [-0.1, -0.05) is 23.2 Å². The Morgan fingerprint density at radius 1 is 1.08 bits per heavy atom. The van der Waals surface area contributed by atoms with E-state index in [2.05, 4.69) is 5.32 Å². The van der Waals surface area contributed by atoms with Crippen LogP contribution in [0.4, 0.5) is 11.4 Å². The average molecular weight is 668 g/mol. The summed E-state index contributed by atoms with van der Waals surface area (Å²) in [4.78, 5) is 35.7. The van der Waals surface area contributed by atoms with Crippen molar-refractivity contribution in [1.82, 2.24) is 0 Å². The van der Waals surface area contributed by atoms with Gasteiger partial charge in [0.05, 0.1) is 44.0 Å². The summed E-state index contributed by atoms with van der Waals surface area (Å²) in [7, 11) is 2.89. The number of nitriles is 1. The highest BCUT2D eigenvalue weighted by molar-refractivity contribution is 14.1. The van der Waals surface area contributed by atoms with Gasteiger partial charge >= 0.3 is 5.97 Å². The molecule has 0 heterocycles. The summed E-state index contributed by atoms with van der Waals surface area (Å²) >= 11 is 14.0. The predicted molar refractivity (Wildman–Crippen MR) is 149 cm³/mol. The summed E-state index contributed by atoms with van der Waals surface area (Å²) < 4.78 is 16.5. The van der Waals surface area contributed by atoms with Gasteiger partial charge in [0, 0.05) is 12.1 Å². The van der Waals surface area contributed by atoms with Crippen LogP contribution in [-0.4, -0.2) is 31.0 Å². The van der Waals surface area contributed by atoms with E-state index >= 15 is 0 Å². The number of nitro groups is 1. The van der Waals surface area contributed by atoms with Crippen molar-refractivity contribution in [2.45, 2.75) is 0 Å². The van der Waals surface area contributed by atoms with E-state index in [1.54, 1.807) is 36.4 Å². The standard InChI is InChI=1S/C25H16Cl2IN3O7/c1-36-17-5-3-14(4-6-17)25(33)38-23-20(28)8-13(9-21(23)37-2)7-15(12-29)24(32)30-22-18(26)10-16(31(34)35)11-19(22)27/h3-11H,1-2H3,(H,30,32)/b15-7+. The van der Waals surface area contributed by atoms with Crippen molar-refractivity contribution < 1.29 is 28.7 Å². The lowest BCUT2D eigenvalue weighted by molar-refractivity contribution is -0.384. The highest BCUT2D eigenvalue weighted by atomic mass is 127. The number of methoxy groups -OCH3 is 2. The average Bonchev–Trinajstić information content (AvgIpc) is 2.90. The fourth-order valence-corrected chi connectivity index (χ4v) is 4.39. The summed E-state index contributed by atoms with van der Waals surface area (Å²) in [6.45, 7) is 0. The Balaban J connectivity index is 1.87. The van der Waals surface area contributed by atoms with Gasteiger partial charge in [0.1, 0.15) is 17.4 Å². The first-order valence-electron chi connectivity index (χ1n) is 10.4. The van der Waals surface area contributed by atoms with Gasteiger partial charge in [-0.05, 0) is 70.6 Å². The van der Waals surface area contributed by atoms with Gasteiger partial charge in [0.25, 0.3) is 11.6 Å². The lowest BCUT2D eigenvalue weighted by atomic mass is 10.1. The largest absolute Gasteiger partial charge is 0.497 e. The molecule has 0 atom stereocenters. The van der Waals surface area contributed by atoms with Crippen LogP contribution in [-0.2, 0) is 4.79 Å². The van der Waals surface area contributed by atoms with E-state index in [-0.39, 0.29) is 38.5 Å². The van der Waals surface area contributed by atoms with Crippen molar-refractivity contribution in [2.24, 2.45) is 0 Å². The van der Waals surface area contributed by atoms with E-state index < -0.39 is 16.8 Å². The zero-order valence-corrected chi connectivity index (χ0v) is 23.3. The second-order valence-corrected chi connectivity index (χ2v) is 9.29. The van der Waals surface area contributed by atoms with Crippen molar-refractivity contribution in [1.29, 1.82) is 5.26 Å². The number of rotatable bonds is 8. The fraction of sp³-hybridized carbons (Fsp3) is 0.0800. The molecule has 0 spiro atoms. The van der Waals surface area contributed by atoms with Crippen molar-refractivity contribution in [3.8, 4) is 23.3 Å². The first kappa shape index (κ1) is 28.7. The number of nitro benzene ring substituents is 1. The van der Waals surface area contributed by atoms with Gasteiger partial charge in [-0.2, -0.15) is 5.26 Å². The quantitative estimate of drug-likeness (QED) is 0.0562. The fourth-order valence-electron chi connectivity index (χ4n) is 3.08. The van der Waals surface area contributed by atoms with Crippen LogP contribution in [0.15, 0.2) is 54.1 Å². The molecule has 3 rings (SSSR count). The Labute approximate surface area is 240 Å². The molecule has 0 radical (unpaired) electrons. The highest BCUT2D eigenvalue weighted by Crippen LogP contribution is 2.37. The van der Waals surface area contributed by atoms with Crippen molar-refractivity contribution in [3.63, 3.8) is 0 Å². The molecular formula is C25H16Cl2IN3O7. The Morgan fingerprint density at radius 3 is 2.24 bits per heavy atom. The number of esters is 1. The summed E-state index contributed by atoms with van der Waals surface area (Å²) in [5.41, 5.74) is -0.0828. The Bertz CT molecular complexity index is 1480. The Hall–Kier alpha value is -3.86. The van der Waals surface area contributed by atoms with Crippen molar-refractivity contribution in [3.05, 3.63) is 89.0 Å².